The van der Waals surface area contributed by atoms with Gasteiger partial charge in [0.2, 0.25) is 51.9 Å². The lowest BCUT2D eigenvalue weighted by Gasteiger charge is -2.20. The number of rotatable bonds is 21. The molecule has 2 amide bonds. The van der Waals surface area contributed by atoms with E-state index in [2.05, 4.69) is 41.3 Å². The molecule has 0 saturated heterocycles. The lowest BCUT2D eigenvalue weighted by molar-refractivity contribution is -0.115. The third kappa shape index (κ3) is 16.2. The fourth-order valence-electron chi connectivity index (χ4n) is 6.55. The molecule has 0 radical (unpaired) electrons. The van der Waals surface area contributed by atoms with E-state index in [0.717, 1.165) is 8.61 Å². The highest BCUT2D eigenvalue weighted by atomic mass is 32.2. The maximum atomic E-state index is 14.4. The van der Waals surface area contributed by atoms with Crippen molar-refractivity contribution >= 4 is 134 Å². The highest BCUT2D eigenvalue weighted by molar-refractivity contribution is 7.90. The summed E-state index contributed by atoms with van der Waals surface area (Å²) < 4.78 is 117. The molecule has 0 fully saturated rings. The van der Waals surface area contributed by atoms with E-state index in [4.69, 9.17) is 24.4 Å². The minimum Gasteiger partial charge on any atom is -0.360 e. The van der Waals surface area contributed by atoms with E-state index >= 15 is 0 Å². The van der Waals surface area contributed by atoms with Crippen LogP contribution in [0.5, 0.6) is 0 Å². The molecule has 0 aliphatic carbocycles. The van der Waals surface area contributed by atoms with Crippen molar-refractivity contribution in [2.24, 2.45) is 0 Å². The number of amides is 2. The van der Waals surface area contributed by atoms with Gasteiger partial charge in [-0.05, 0) is 130 Å². The van der Waals surface area contributed by atoms with Crippen molar-refractivity contribution in [3.05, 3.63) is 95.1 Å². The monoisotopic (exact) mass is 1100 g/mol. The van der Waals surface area contributed by atoms with E-state index in [1.54, 1.807) is 12.1 Å². The van der Waals surface area contributed by atoms with Gasteiger partial charge in [0, 0.05) is 82.9 Å². The highest BCUT2D eigenvalue weighted by Crippen LogP contribution is 2.30. The van der Waals surface area contributed by atoms with Crippen molar-refractivity contribution < 1.29 is 43.3 Å². The Bertz CT molecular complexity index is 3230. The second-order valence-corrected chi connectivity index (χ2v) is 25.3. The second-order valence-electron chi connectivity index (χ2n) is 16.8. The van der Waals surface area contributed by atoms with Crippen molar-refractivity contribution in [3.8, 4) is 0 Å². The number of carbonyl (C=O) groups excluding carboxylic acids is 2. The van der Waals surface area contributed by atoms with Crippen LogP contribution >= 0.6 is 24.4 Å². The van der Waals surface area contributed by atoms with E-state index in [1.807, 2.05) is 27.7 Å². The van der Waals surface area contributed by atoms with Crippen LogP contribution in [0.2, 0.25) is 0 Å². The number of thiocarbonyl (C=S) groups is 2. The molecule has 390 valence electrons. The number of sulfonamides is 4. The van der Waals surface area contributed by atoms with Crippen LogP contribution in [0.3, 0.4) is 0 Å². The van der Waals surface area contributed by atoms with E-state index in [-0.39, 0.29) is 81.2 Å². The zero-order valence-electron chi connectivity index (χ0n) is 41.2. The molecular formula is C46H60N10O10S6. The van der Waals surface area contributed by atoms with Gasteiger partial charge in [0.05, 0.1) is 19.6 Å². The van der Waals surface area contributed by atoms with E-state index in [0.29, 0.717) is 5.69 Å². The average Bonchev–Trinajstić information content (AvgIpc) is 3.27. The van der Waals surface area contributed by atoms with Gasteiger partial charge in [0.25, 0.3) is 0 Å². The molecule has 0 aliphatic rings. The molecular weight excluding hydrogens is 1040 g/mol. The first-order chi connectivity index (χ1) is 33.5. The second kappa shape index (κ2) is 24.8. The summed E-state index contributed by atoms with van der Waals surface area (Å²) in [6.45, 7) is 9.17. The number of anilines is 4. The van der Waals surface area contributed by atoms with Gasteiger partial charge in [0.15, 0.2) is 10.2 Å². The quantitative estimate of drug-likeness (QED) is 0.0399. The average molecular weight is 1110 g/mol. The minimum atomic E-state index is -4.48. The Morgan fingerprint density at radius 3 is 1.21 bits per heavy atom. The van der Waals surface area contributed by atoms with Gasteiger partial charge in [-0.2, -0.15) is 4.31 Å². The Morgan fingerprint density at radius 1 is 0.528 bits per heavy atom. The van der Waals surface area contributed by atoms with Crippen LogP contribution < -0.4 is 41.3 Å². The largest absolute Gasteiger partial charge is 0.360 e. The number of hydrogen-bond acceptors (Lipinski definition) is 12. The molecule has 0 aromatic heterocycles. The number of likely N-dealkylation sites (N-methyl/N-ethyl adjacent to an activating group) is 1. The molecule has 0 spiro atoms. The normalized spacial score (nSPS) is 12.5. The molecule has 8 N–H and O–H groups in total. The Morgan fingerprint density at radius 2 is 0.861 bits per heavy atom. The molecule has 26 heteroatoms. The smallest absolute Gasteiger partial charge is 0.243 e. The molecule has 0 bridgehead atoms. The van der Waals surface area contributed by atoms with E-state index < -0.39 is 65.0 Å². The van der Waals surface area contributed by atoms with Crippen molar-refractivity contribution in [3.63, 3.8) is 0 Å². The van der Waals surface area contributed by atoms with Crippen molar-refractivity contribution in [2.45, 2.75) is 73.2 Å². The first kappa shape index (κ1) is 58.9. The van der Waals surface area contributed by atoms with Crippen LogP contribution in [-0.2, 0) is 49.7 Å². The standard InChI is InChI=1S/C46H60N10O10S6/c1-29(2)49-45(67)53-39-21-16-34(12-11-33-15-19-37(51-31(5)57)25-41(33)69(59,60)47-7)42(26-39)70(61,62)48-23-24-56(10)72(65,66)44-27-38(52-32(6)58)20-17-36(44)14-13-35-18-22-40(54-46(68)50-30(3)4)28-43(35)71(63,64)55(8)9/h11-22,25-30,47-48H,23-24H2,1-10H3,(H,51,57)(H,52,58)(H2,49,53,67)(H2,50,54,68)/b12-11+,14-13+. The zero-order chi connectivity index (χ0) is 53.9. The fourth-order valence-corrected chi connectivity index (χ4v) is 11.9. The fraction of sp³-hybridized carbons (Fsp3) is 0.304. The molecule has 0 heterocycles. The molecule has 0 saturated carbocycles. The molecule has 4 aromatic rings. The summed E-state index contributed by atoms with van der Waals surface area (Å²) in [6, 6.07) is 17.2. The van der Waals surface area contributed by atoms with Crippen LogP contribution in [0.15, 0.2) is 92.4 Å². The maximum Gasteiger partial charge on any atom is 0.243 e. The molecule has 4 aromatic carbocycles. The Labute approximate surface area is 433 Å². The van der Waals surface area contributed by atoms with Gasteiger partial charge in [-0.15, -0.1) is 0 Å². The first-order valence-corrected chi connectivity index (χ1v) is 28.6. The summed E-state index contributed by atoms with van der Waals surface area (Å²) in [5, 5.41) is 17.6. The third-order valence-electron chi connectivity index (χ3n) is 9.95. The molecule has 4 rings (SSSR count). The number of nitrogens with one attached hydrogen (secondary N) is 8. The summed E-state index contributed by atoms with van der Waals surface area (Å²) in [5.74, 6) is -0.902. The maximum absolute atomic E-state index is 14.4. The van der Waals surface area contributed by atoms with Gasteiger partial charge in [-0.25, -0.2) is 47.4 Å². The molecule has 0 unspecified atom stereocenters. The first-order valence-electron chi connectivity index (χ1n) is 21.9. The van der Waals surface area contributed by atoms with Crippen molar-refractivity contribution in [1.29, 1.82) is 0 Å². The predicted octanol–water partition coefficient (Wildman–Crippen LogP) is 5.09. The number of hydrogen-bond donors (Lipinski definition) is 8. The van der Waals surface area contributed by atoms with Gasteiger partial charge < -0.3 is 31.9 Å². The van der Waals surface area contributed by atoms with E-state index in [9.17, 15) is 43.3 Å². The van der Waals surface area contributed by atoms with Gasteiger partial charge in [0.1, 0.15) is 0 Å². The zero-order valence-corrected chi connectivity index (χ0v) is 46.1. The summed E-state index contributed by atoms with van der Waals surface area (Å²) in [6.07, 6.45) is 5.64. The number of nitrogens with zero attached hydrogens (tertiary/aromatic N) is 2. The van der Waals surface area contributed by atoms with Crippen LogP contribution in [0.1, 0.15) is 63.8 Å². The molecule has 0 aliphatic heterocycles. The molecule has 72 heavy (non-hydrogen) atoms. The predicted molar refractivity (Wildman–Crippen MR) is 293 cm³/mol. The SMILES string of the molecule is CNS(=O)(=O)c1cc(NC(C)=O)ccc1/C=C/c1ccc(NC(=S)NC(C)C)cc1S(=O)(=O)NCCN(C)S(=O)(=O)c1cc(NC(C)=O)ccc1/C=C/c1ccc(NC(=S)NC(C)C)cc1S(=O)(=O)N(C)C. The van der Waals surface area contributed by atoms with Gasteiger partial charge in [-0.3, -0.25) is 9.59 Å². The Kier molecular flexibility index (Phi) is 20.3. The number of carbonyl (C=O) groups is 2. The highest BCUT2D eigenvalue weighted by Gasteiger charge is 2.27. The van der Waals surface area contributed by atoms with Crippen LogP contribution in [0.25, 0.3) is 24.3 Å². The van der Waals surface area contributed by atoms with Crippen LogP contribution in [0.4, 0.5) is 22.7 Å². The van der Waals surface area contributed by atoms with Crippen molar-refractivity contribution in [2.75, 3.05) is 62.5 Å². The van der Waals surface area contributed by atoms with Crippen molar-refractivity contribution in [1.82, 2.24) is 28.7 Å². The van der Waals surface area contributed by atoms with Crippen LogP contribution in [0, 0.1) is 0 Å². The Balaban J connectivity index is 1.72. The topological polar surface area (TPSA) is 273 Å². The summed E-state index contributed by atoms with van der Waals surface area (Å²) in [5.41, 5.74) is 1.61. The lowest BCUT2D eigenvalue weighted by Crippen LogP contribution is -2.36. The van der Waals surface area contributed by atoms with Crippen LogP contribution in [-0.4, -0.2) is 118 Å². The van der Waals surface area contributed by atoms with E-state index in [1.165, 1.54) is 127 Å². The minimum absolute atomic E-state index is 0.00741. The lowest BCUT2D eigenvalue weighted by atomic mass is 10.1. The molecule has 0 atom stereocenters. The van der Waals surface area contributed by atoms with Gasteiger partial charge in [-0.1, -0.05) is 48.6 Å². The summed E-state index contributed by atoms with van der Waals surface area (Å²) in [7, 11) is -11.9. The molecule has 20 nitrogen and oxygen atoms in total. The summed E-state index contributed by atoms with van der Waals surface area (Å²) >= 11 is 10.7. The third-order valence-corrected chi connectivity index (χ3v) is 17.2. The van der Waals surface area contributed by atoms with Gasteiger partial charge >= 0.3 is 0 Å². The number of benzene rings is 4. The summed E-state index contributed by atoms with van der Waals surface area (Å²) in [4.78, 5) is 22.9. The Hall–Kier alpha value is -5.68.